The summed E-state index contributed by atoms with van der Waals surface area (Å²) >= 11 is 0. The fraction of sp³-hybridized carbons (Fsp3) is 0.500. The van der Waals surface area contributed by atoms with Gasteiger partial charge in [-0.3, -0.25) is 9.69 Å². The van der Waals surface area contributed by atoms with Crippen molar-refractivity contribution in [3.05, 3.63) is 41.0 Å². The van der Waals surface area contributed by atoms with E-state index in [-0.39, 0.29) is 5.91 Å². The van der Waals surface area contributed by atoms with E-state index in [2.05, 4.69) is 23.2 Å². The minimum atomic E-state index is -0.0748. The Hall–Kier alpha value is -2.52. The summed E-state index contributed by atoms with van der Waals surface area (Å²) in [6, 6.07) is 5.97. The van der Waals surface area contributed by atoms with Gasteiger partial charge in [-0.25, -0.2) is 0 Å². The van der Waals surface area contributed by atoms with E-state index in [4.69, 9.17) is 4.42 Å². The number of nitrogens with one attached hydrogen (secondary N) is 1. The minimum Gasteiger partial charge on any atom is -0.467 e. The number of rotatable bonds is 5. The number of nitriles is 1. The number of furan rings is 1. The predicted octanol–water partition coefficient (Wildman–Crippen LogP) is 3.29. The third kappa shape index (κ3) is 3.83. The molecule has 1 aliphatic rings. The molecule has 3 rings (SSSR count). The van der Waals surface area contributed by atoms with E-state index in [1.165, 1.54) is 0 Å². The molecule has 1 N–H and O–H groups in total. The fourth-order valence-corrected chi connectivity index (χ4v) is 3.48. The second kappa shape index (κ2) is 7.79. The van der Waals surface area contributed by atoms with Crippen molar-refractivity contribution in [3.63, 3.8) is 0 Å². The Kier molecular flexibility index (Phi) is 5.48. The first-order valence-electron chi connectivity index (χ1n) is 9.14. The SMILES string of the molecule is Cc1c(C#N)c(NC(=O)CN2CCC(C)CC2)n(Cc2ccco2)c1C. The lowest BCUT2D eigenvalue weighted by atomic mass is 9.99. The third-order valence-corrected chi connectivity index (χ3v) is 5.34. The lowest BCUT2D eigenvalue weighted by Crippen LogP contribution is -2.39. The van der Waals surface area contributed by atoms with Crippen LogP contribution in [-0.4, -0.2) is 35.0 Å². The number of hydrogen-bond acceptors (Lipinski definition) is 4. The van der Waals surface area contributed by atoms with Gasteiger partial charge in [0, 0.05) is 5.69 Å². The third-order valence-electron chi connectivity index (χ3n) is 5.34. The summed E-state index contributed by atoms with van der Waals surface area (Å²) in [7, 11) is 0. The highest BCUT2D eigenvalue weighted by molar-refractivity contribution is 5.93. The van der Waals surface area contributed by atoms with E-state index in [0.717, 1.165) is 48.9 Å². The molecular formula is C20H26N4O2. The maximum Gasteiger partial charge on any atom is 0.239 e. The van der Waals surface area contributed by atoms with Gasteiger partial charge in [-0.1, -0.05) is 6.92 Å². The summed E-state index contributed by atoms with van der Waals surface area (Å²) in [5.41, 5.74) is 2.37. The van der Waals surface area contributed by atoms with Gasteiger partial charge in [0.25, 0.3) is 0 Å². The van der Waals surface area contributed by atoms with Crippen molar-refractivity contribution in [2.24, 2.45) is 5.92 Å². The van der Waals surface area contributed by atoms with Crippen LogP contribution in [0.1, 0.15) is 42.3 Å². The van der Waals surface area contributed by atoms with Crippen molar-refractivity contribution < 1.29 is 9.21 Å². The van der Waals surface area contributed by atoms with Crippen LogP contribution in [0, 0.1) is 31.1 Å². The molecule has 0 bridgehead atoms. The molecule has 6 heteroatoms. The van der Waals surface area contributed by atoms with Crippen LogP contribution in [0.2, 0.25) is 0 Å². The number of amides is 1. The van der Waals surface area contributed by atoms with Crippen molar-refractivity contribution in [2.45, 2.75) is 40.2 Å². The molecule has 6 nitrogen and oxygen atoms in total. The van der Waals surface area contributed by atoms with Crippen molar-refractivity contribution in [3.8, 4) is 6.07 Å². The normalized spacial score (nSPS) is 15.8. The van der Waals surface area contributed by atoms with Crippen LogP contribution in [0.5, 0.6) is 0 Å². The summed E-state index contributed by atoms with van der Waals surface area (Å²) in [5.74, 6) is 2.01. The monoisotopic (exact) mass is 354 g/mol. The van der Waals surface area contributed by atoms with Crippen LogP contribution in [0.25, 0.3) is 0 Å². The average Bonchev–Trinajstić information content (AvgIpc) is 3.20. The quantitative estimate of drug-likeness (QED) is 0.894. The largest absolute Gasteiger partial charge is 0.467 e. The van der Waals surface area contributed by atoms with Gasteiger partial charge < -0.3 is 14.3 Å². The summed E-state index contributed by atoms with van der Waals surface area (Å²) < 4.78 is 7.39. The molecule has 2 aromatic heterocycles. The Balaban J connectivity index is 1.78. The van der Waals surface area contributed by atoms with Crippen LogP contribution in [0.3, 0.4) is 0 Å². The van der Waals surface area contributed by atoms with E-state index in [1.807, 2.05) is 30.5 Å². The standard InChI is InChI=1S/C20H26N4O2/c1-14-6-8-23(9-7-14)13-19(25)22-20-18(11-21)15(2)16(3)24(20)12-17-5-4-10-26-17/h4-5,10,14H,6-9,12-13H2,1-3H3,(H,22,25). The number of likely N-dealkylation sites (tertiary alicyclic amines) is 1. The van der Waals surface area contributed by atoms with Gasteiger partial charge in [0.1, 0.15) is 17.6 Å². The summed E-state index contributed by atoms with van der Waals surface area (Å²) in [6.45, 7) is 8.87. The van der Waals surface area contributed by atoms with Gasteiger partial charge in [0.15, 0.2) is 0 Å². The molecule has 1 amide bonds. The average molecular weight is 354 g/mol. The Labute approximate surface area is 154 Å². The molecule has 0 atom stereocenters. The number of anilines is 1. The van der Waals surface area contributed by atoms with Gasteiger partial charge in [-0.2, -0.15) is 5.26 Å². The van der Waals surface area contributed by atoms with Crippen LogP contribution < -0.4 is 5.32 Å². The van der Waals surface area contributed by atoms with Gasteiger partial charge in [0.05, 0.1) is 24.9 Å². The molecule has 0 unspecified atom stereocenters. The molecule has 138 valence electrons. The van der Waals surface area contributed by atoms with Crippen LogP contribution >= 0.6 is 0 Å². The van der Waals surface area contributed by atoms with E-state index >= 15 is 0 Å². The van der Waals surface area contributed by atoms with Crippen molar-refractivity contribution >= 4 is 11.7 Å². The zero-order valence-electron chi connectivity index (χ0n) is 15.7. The molecule has 0 aromatic carbocycles. The second-order valence-corrected chi connectivity index (χ2v) is 7.22. The molecule has 0 aliphatic carbocycles. The maximum absolute atomic E-state index is 12.6. The lowest BCUT2D eigenvalue weighted by molar-refractivity contribution is -0.117. The fourth-order valence-electron chi connectivity index (χ4n) is 3.48. The lowest BCUT2D eigenvalue weighted by Gasteiger charge is -2.29. The summed E-state index contributed by atoms with van der Waals surface area (Å²) in [5, 5.41) is 12.6. The van der Waals surface area contributed by atoms with Crippen LogP contribution in [0.15, 0.2) is 22.8 Å². The molecule has 0 radical (unpaired) electrons. The highest BCUT2D eigenvalue weighted by atomic mass is 16.3. The molecule has 1 saturated heterocycles. The Morgan fingerprint density at radius 1 is 1.38 bits per heavy atom. The molecule has 0 spiro atoms. The minimum absolute atomic E-state index is 0.0748. The summed E-state index contributed by atoms with van der Waals surface area (Å²) in [6.07, 6.45) is 3.88. The molecule has 0 saturated carbocycles. The van der Waals surface area contributed by atoms with Crippen LogP contribution in [-0.2, 0) is 11.3 Å². The highest BCUT2D eigenvalue weighted by Gasteiger charge is 2.22. The predicted molar refractivity (Wildman–Crippen MR) is 99.9 cm³/mol. The van der Waals surface area contributed by atoms with E-state index in [9.17, 15) is 10.1 Å². The molecule has 3 heterocycles. The number of carbonyl (C=O) groups is 1. The van der Waals surface area contributed by atoms with Gasteiger partial charge >= 0.3 is 0 Å². The Morgan fingerprint density at radius 3 is 2.73 bits per heavy atom. The zero-order chi connectivity index (χ0) is 18.7. The van der Waals surface area contributed by atoms with E-state index in [1.54, 1.807) is 6.26 Å². The number of nitrogens with zero attached hydrogens (tertiary/aromatic N) is 3. The van der Waals surface area contributed by atoms with Crippen molar-refractivity contribution in [2.75, 3.05) is 25.0 Å². The van der Waals surface area contributed by atoms with Gasteiger partial charge in [0.2, 0.25) is 5.91 Å². The molecule has 2 aromatic rings. The first kappa shape index (κ1) is 18.3. The molecular weight excluding hydrogens is 328 g/mol. The Bertz CT molecular complexity index is 806. The van der Waals surface area contributed by atoms with Crippen LogP contribution in [0.4, 0.5) is 5.82 Å². The van der Waals surface area contributed by atoms with Gasteiger partial charge in [-0.15, -0.1) is 0 Å². The first-order valence-corrected chi connectivity index (χ1v) is 9.14. The van der Waals surface area contributed by atoms with Crippen molar-refractivity contribution in [1.29, 1.82) is 5.26 Å². The smallest absolute Gasteiger partial charge is 0.239 e. The first-order chi connectivity index (χ1) is 12.5. The number of piperidine rings is 1. The van der Waals surface area contributed by atoms with Gasteiger partial charge in [-0.05, 0) is 63.4 Å². The molecule has 1 aliphatic heterocycles. The number of aromatic nitrogens is 1. The summed E-state index contributed by atoms with van der Waals surface area (Å²) in [4.78, 5) is 14.8. The number of carbonyl (C=O) groups excluding carboxylic acids is 1. The Morgan fingerprint density at radius 2 is 2.12 bits per heavy atom. The maximum atomic E-state index is 12.6. The van der Waals surface area contributed by atoms with E-state index < -0.39 is 0 Å². The van der Waals surface area contributed by atoms with E-state index in [0.29, 0.717) is 24.5 Å². The highest BCUT2D eigenvalue weighted by Crippen LogP contribution is 2.27. The second-order valence-electron chi connectivity index (χ2n) is 7.22. The topological polar surface area (TPSA) is 74.2 Å². The molecule has 26 heavy (non-hydrogen) atoms. The number of hydrogen-bond donors (Lipinski definition) is 1. The molecule has 1 fully saturated rings. The van der Waals surface area contributed by atoms with Crippen molar-refractivity contribution in [1.82, 2.24) is 9.47 Å². The zero-order valence-corrected chi connectivity index (χ0v) is 15.7.